The lowest BCUT2D eigenvalue weighted by molar-refractivity contribution is -0.0126. The summed E-state index contributed by atoms with van der Waals surface area (Å²) in [4.78, 5) is 4.98. The molecule has 1 N–H and O–H groups in total. The van der Waals surface area contributed by atoms with Crippen LogP contribution in [0.4, 0.5) is 0 Å². The van der Waals surface area contributed by atoms with E-state index in [1.807, 2.05) is 18.2 Å². The highest BCUT2D eigenvalue weighted by molar-refractivity contribution is 6.30. The third-order valence-electron chi connectivity index (χ3n) is 7.03. The number of hydrogen-bond donors (Lipinski definition) is 1. The molecule has 2 atom stereocenters. The predicted octanol–water partition coefficient (Wildman–Crippen LogP) is 5.06. The van der Waals surface area contributed by atoms with Crippen LogP contribution in [0.5, 0.6) is 11.5 Å². The van der Waals surface area contributed by atoms with Gasteiger partial charge in [0.15, 0.2) is 11.5 Å². The van der Waals surface area contributed by atoms with Crippen molar-refractivity contribution in [2.75, 3.05) is 47.0 Å². The Labute approximate surface area is 213 Å². The molecule has 0 bridgehead atoms. The maximum Gasteiger partial charge on any atom is 0.160 e. The molecule has 0 radical (unpaired) electrons. The van der Waals surface area contributed by atoms with Crippen molar-refractivity contribution in [3.05, 3.63) is 94.5 Å². The monoisotopic (exact) mass is 494 g/mol. The molecule has 1 saturated heterocycles. The quantitative estimate of drug-likeness (QED) is 0.450. The number of halogens is 1. The second-order valence-corrected chi connectivity index (χ2v) is 9.85. The lowest BCUT2D eigenvalue weighted by Crippen LogP contribution is -2.62. The zero-order chi connectivity index (χ0) is 24.8. The second kappa shape index (κ2) is 11.4. The van der Waals surface area contributed by atoms with Crippen molar-refractivity contribution in [2.45, 2.75) is 24.9 Å². The zero-order valence-electron chi connectivity index (χ0n) is 20.8. The SMILES string of the molecule is COc1ccc(CC2(C)CN(C(c3ccccc3)c3ccc(Cl)cc3)CCN2CCO)cc1OC. The van der Waals surface area contributed by atoms with Crippen molar-refractivity contribution in [3.8, 4) is 11.5 Å². The Morgan fingerprint density at radius 1 is 0.914 bits per heavy atom. The average molecular weight is 495 g/mol. The summed E-state index contributed by atoms with van der Waals surface area (Å²) < 4.78 is 11.0. The molecular formula is C29H35ClN2O3. The number of piperazine rings is 1. The van der Waals surface area contributed by atoms with E-state index in [1.165, 1.54) is 16.7 Å². The minimum atomic E-state index is -0.181. The first-order valence-electron chi connectivity index (χ1n) is 12.1. The van der Waals surface area contributed by atoms with Crippen LogP contribution in [-0.2, 0) is 6.42 Å². The maximum absolute atomic E-state index is 9.82. The second-order valence-electron chi connectivity index (χ2n) is 9.41. The van der Waals surface area contributed by atoms with Crippen molar-refractivity contribution in [1.29, 1.82) is 0 Å². The van der Waals surface area contributed by atoms with Gasteiger partial charge in [-0.2, -0.15) is 0 Å². The van der Waals surface area contributed by atoms with Crippen LogP contribution < -0.4 is 9.47 Å². The molecule has 1 heterocycles. The molecule has 0 aromatic heterocycles. The highest BCUT2D eigenvalue weighted by Crippen LogP contribution is 2.36. The average Bonchev–Trinajstić information content (AvgIpc) is 2.87. The van der Waals surface area contributed by atoms with E-state index in [2.05, 4.69) is 71.3 Å². The summed E-state index contributed by atoms with van der Waals surface area (Å²) in [6.45, 7) is 5.72. The molecule has 186 valence electrons. The highest BCUT2D eigenvalue weighted by atomic mass is 35.5. The van der Waals surface area contributed by atoms with E-state index in [-0.39, 0.29) is 18.2 Å². The van der Waals surface area contributed by atoms with Gasteiger partial charge in [0.25, 0.3) is 0 Å². The Balaban J connectivity index is 1.68. The van der Waals surface area contributed by atoms with Gasteiger partial charge in [-0.25, -0.2) is 0 Å². The predicted molar refractivity (Wildman–Crippen MR) is 142 cm³/mol. The molecule has 0 amide bonds. The molecule has 0 spiro atoms. The van der Waals surface area contributed by atoms with Gasteiger partial charge < -0.3 is 14.6 Å². The van der Waals surface area contributed by atoms with Gasteiger partial charge in [0.05, 0.1) is 26.9 Å². The normalized spacial score (nSPS) is 19.9. The molecule has 5 nitrogen and oxygen atoms in total. The summed E-state index contributed by atoms with van der Waals surface area (Å²) in [5.41, 5.74) is 3.49. The van der Waals surface area contributed by atoms with Crippen LogP contribution >= 0.6 is 11.6 Å². The third kappa shape index (κ3) is 5.81. The van der Waals surface area contributed by atoms with E-state index in [0.29, 0.717) is 6.54 Å². The first kappa shape index (κ1) is 25.5. The molecule has 2 unspecified atom stereocenters. The van der Waals surface area contributed by atoms with Crippen molar-refractivity contribution in [3.63, 3.8) is 0 Å². The van der Waals surface area contributed by atoms with Crippen molar-refractivity contribution < 1.29 is 14.6 Å². The van der Waals surface area contributed by atoms with Crippen molar-refractivity contribution in [1.82, 2.24) is 9.80 Å². The lowest BCUT2D eigenvalue weighted by atomic mass is 9.86. The number of methoxy groups -OCH3 is 2. The fourth-order valence-corrected chi connectivity index (χ4v) is 5.48. The van der Waals surface area contributed by atoms with Crippen LogP contribution in [0.3, 0.4) is 0 Å². The van der Waals surface area contributed by atoms with Gasteiger partial charge in [-0.1, -0.05) is 60.1 Å². The van der Waals surface area contributed by atoms with Crippen LogP contribution in [0.15, 0.2) is 72.8 Å². The molecule has 1 aliphatic heterocycles. The summed E-state index contributed by atoms with van der Waals surface area (Å²) in [5.74, 6) is 1.46. The number of nitrogens with zero attached hydrogens (tertiary/aromatic N) is 2. The largest absolute Gasteiger partial charge is 0.493 e. The van der Waals surface area contributed by atoms with E-state index in [9.17, 15) is 5.11 Å². The van der Waals surface area contributed by atoms with Crippen LogP contribution in [0.25, 0.3) is 0 Å². The van der Waals surface area contributed by atoms with Gasteiger partial charge in [0, 0.05) is 36.7 Å². The first-order valence-corrected chi connectivity index (χ1v) is 12.5. The standard InChI is InChI=1S/C29H35ClN2O3/c1-29(20-22-9-14-26(34-2)27(19-22)35-3)21-31(15-16-32(29)17-18-33)28(23-7-5-4-6-8-23)24-10-12-25(30)13-11-24/h4-14,19,28,33H,15-18,20-21H2,1-3H3. The van der Waals surface area contributed by atoms with E-state index in [0.717, 1.165) is 42.6 Å². The van der Waals surface area contributed by atoms with E-state index >= 15 is 0 Å². The number of ether oxygens (including phenoxy) is 2. The highest BCUT2D eigenvalue weighted by Gasteiger charge is 2.40. The summed E-state index contributed by atoms with van der Waals surface area (Å²) in [6.07, 6.45) is 0.825. The number of aliphatic hydroxyl groups is 1. The zero-order valence-corrected chi connectivity index (χ0v) is 21.5. The summed E-state index contributed by atoms with van der Waals surface area (Å²) in [5, 5.41) is 10.6. The molecule has 35 heavy (non-hydrogen) atoms. The molecule has 1 fully saturated rings. The molecule has 4 rings (SSSR count). The van der Waals surface area contributed by atoms with Crippen LogP contribution in [0.2, 0.25) is 5.02 Å². The maximum atomic E-state index is 9.82. The van der Waals surface area contributed by atoms with E-state index in [4.69, 9.17) is 21.1 Å². The van der Waals surface area contributed by atoms with Crippen LogP contribution in [0, 0.1) is 0 Å². The molecular weight excluding hydrogens is 460 g/mol. The minimum Gasteiger partial charge on any atom is -0.493 e. The van der Waals surface area contributed by atoms with Crippen molar-refractivity contribution >= 4 is 11.6 Å². The summed E-state index contributed by atoms with van der Waals surface area (Å²) >= 11 is 6.22. The van der Waals surface area contributed by atoms with Crippen molar-refractivity contribution in [2.24, 2.45) is 0 Å². The Morgan fingerprint density at radius 2 is 1.60 bits per heavy atom. The molecule has 6 heteroatoms. The Kier molecular flexibility index (Phi) is 8.34. The van der Waals surface area contributed by atoms with Gasteiger partial charge in [-0.05, 0) is 54.3 Å². The Hall–Kier alpha value is -2.57. The Bertz CT molecular complexity index is 1090. The third-order valence-corrected chi connectivity index (χ3v) is 7.29. The van der Waals surface area contributed by atoms with E-state index < -0.39 is 0 Å². The van der Waals surface area contributed by atoms with Crippen LogP contribution in [-0.4, -0.2) is 67.5 Å². The fourth-order valence-electron chi connectivity index (χ4n) is 5.35. The van der Waals surface area contributed by atoms with Crippen LogP contribution in [0.1, 0.15) is 29.7 Å². The smallest absolute Gasteiger partial charge is 0.160 e. The number of aliphatic hydroxyl groups excluding tert-OH is 1. The van der Waals surface area contributed by atoms with Gasteiger partial charge >= 0.3 is 0 Å². The summed E-state index contributed by atoms with van der Waals surface area (Å²) in [7, 11) is 3.32. The molecule has 0 aliphatic carbocycles. The lowest BCUT2D eigenvalue weighted by Gasteiger charge is -2.51. The number of β-amino-alcohol motifs (C(OH)–C–C–N with tert-alkyl or cyclic N) is 1. The van der Waals surface area contributed by atoms with Gasteiger partial charge in [0.1, 0.15) is 0 Å². The van der Waals surface area contributed by atoms with Gasteiger partial charge in [-0.3, -0.25) is 9.80 Å². The molecule has 3 aromatic carbocycles. The topological polar surface area (TPSA) is 45.2 Å². The fraction of sp³-hybridized carbons (Fsp3) is 0.379. The number of hydrogen-bond acceptors (Lipinski definition) is 5. The molecule has 1 aliphatic rings. The van der Waals surface area contributed by atoms with Gasteiger partial charge in [-0.15, -0.1) is 0 Å². The minimum absolute atomic E-state index is 0.120. The Morgan fingerprint density at radius 3 is 2.26 bits per heavy atom. The number of benzene rings is 3. The summed E-state index contributed by atoms with van der Waals surface area (Å²) in [6, 6.07) is 25.1. The molecule has 3 aromatic rings. The first-order chi connectivity index (χ1) is 17.0. The number of rotatable bonds is 9. The van der Waals surface area contributed by atoms with E-state index in [1.54, 1.807) is 14.2 Å². The molecule has 0 saturated carbocycles. The van der Waals surface area contributed by atoms with Gasteiger partial charge in [0.2, 0.25) is 0 Å².